The minimum absolute atomic E-state index is 0.0181. The van der Waals surface area contributed by atoms with Crippen molar-refractivity contribution in [1.29, 1.82) is 5.26 Å². The number of carbonyl (C=O) groups excluding carboxylic acids is 2. The highest BCUT2D eigenvalue weighted by atomic mass is 32.2. The molecule has 0 saturated carbocycles. The van der Waals surface area contributed by atoms with Gasteiger partial charge in [-0.25, -0.2) is 4.79 Å². The number of anilines is 1. The number of carbonyl (C=O) groups is 2. The third-order valence-corrected chi connectivity index (χ3v) is 7.74. The lowest BCUT2D eigenvalue weighted by Gasteiger charge is -2.29. The summed E-state index contributed by atoms with van der Waals surface area (Å²) in [5.41, 5.74) is 4.39. The molecule has 0 unspecified atom stereocenters. The molecule has 8 nitrogen and oxygen atoms in total. The van der Waals surface area contributed by atoms with Gasteiger partial charge in [-0.3, -0.25) is 4.79 Å². The molecule has 0 fully saturated rings. The van der Waals surface area contributed by atoms with Gasteiger partial charge in [0.15, 0.2) is 11.5 Å². The number of dihydropyridines is 1. The van der Waals surface area contributed by atoms with Gasteiger partial charge in [-0.2, -0.15) is 5.26 Å². The first-order valence-electron chi connectivity index (χ1n) is 13.6. The fraction of sp³-hybridized carbons (Fsp3) is 0.206. The molecule has 1 aliphatic heterocycles. The van der Waals surface area contributed by atoms with Crippen molar-refractivity contribution >= 4 is 29.3 Å². The first kappa shape index (κ1) is 31.0. The normalized spacial score (nSPS) is 14.3. The number of amides is 1. The largest absolute Gasteiger partial charge is 0.493 e. The van der Waals surface area contributed by atoms with E-state index in [4.69, 9.17) is 14.2 Å². The maximum atomic E-state index is 13.3. The Balaban J connectivity index is 1.65. The van der Waals surface area contributed by atoms with Crippen molar-refractivity contribution in [2.75, 3.05) is 24.8 Å². The number of nitrogens with one attached hydrogen (secondary N) is 2. The average molecular weight is 596 g/mol. The molecular formula is C34H33N3O5S. The van der Waals surface area contributed by atoms with E-state index in [0.717, 1.165) is 16.8 Å². The molecule has 43 heavy (non-hydrogen) atoms. The number of rotatable bonds is 12. The van der Waals surface area contributed by atoms with Gasteiger partial charge in [-0.15, -0.1) is 0 Å². The van der Waals surface area contributed by atoms with Crippen LogP contribution in [0.15, 0.2) is 107 Å². The number of ether oxygens (including phenoxy) is 3. The molecule has 1 heterocycles. The van der Waals surface area contributed by atoms with Gasteiger partial charge in [0.25, 0.3) is 0 Å². The first-order chi connectivity index (χ1) is 20.9. The Bertz CT molecular complexity index is 1610. The van der Waals surface area contributed by atoms with E-state index in [1.54, 1.807) is 25.1 Å². The summed E-state index contributed by atoms with van der Waals surface area (Å²) in [6.07, 6.45) is 1.48. The minimum Gasteiger partial charge on any atom is -0.493 e. The molecule has 3 aromatic rings. The topological polar surface area (TPSA) is 110 Å². The van der Waals surface area contributed by atoms with Gasteiger partial charge in [0.1, 0.15) is 13.2 Å². The second-order valence-electron chi connectivity index (χ2n) is 9.67. The molecule has 2 N–H and O–H groups in total. The van der Waals surface area contributed by atoms with Crippen molar-refractivity contribution in [3.63, 3.8) is 0 Å². The molecule has 220 valence electrons. The van der Waals surface area contributed by atoms with E-state index >= 15 is 0 Å². The van der Waals surface area contributed by atoms with Crippen molar-refractivity contribution in [2.45, 2.75) is 26.4 Å². The summed E-state index contributed by atoms with van der Waals surface area (Å²) in [6.45, 7) is 7.65. The van der Waals surface area contributed by atoms with Crippen LogP contribution in [0.2, 0.25) is 0 Å². The number of para-hydroxylation sites is 1. The Morgan fingerprint density at radius 3 is 2.51 bits per heavy atom. The van der Waals surface area contributed by atoms with E-state index in [1.165, 1.54) is 24.9 Å². The number of aryl methyl sites for hydroxylation is 1. The van der Waals surface area contributed by atoms with Crippen LogP contribution < -0.4 is 20.1 Å². The Labute approximate surface area is 256 Å². The zero-order chi connectivity index (χ0) is 30.8. The number of nitrogens with zero attached hydrogens (tertiary/aromatic N) is 1. The Kier molecular flexibility index (Phi) is 10.7. The molecule has 1 aliphatic rings. The summed E-state index contributed by atoms with van der Waals surface area (Å²) in [5.74, 6) is -0.553. The highest BCUT2D eigenvalue weighted by Crippen LogP contribution is 2.43. The Morgan fingerprint density at radius 1 is 1.07 bits per heavy atom. The molecule has 3 aromatic carbocycles. The molecule has 4 rings (SSSR count). The van der Waals surface area contributed by atoms with E-state index < -0.39 is 11.9 Å². The molecule has 0 bridgehead atoms. The van der Waals surface area contributed by atoms with Crippen molar-refractivity contribution < 1.29 is 23.8 Å². The van der Waals surface area contributed by atoms with E-state index in [9.17, 15) is 14.9 Å². The molecular weight excluding hydrogens is 562 g/mol. The average Bonchev–Trinajstić information content (AvgIpc) is 3.02. The zero-order valence-electron chi connectivity index (χ0n) is 24.3. The quantitative estimate of drug-likeness (QED) is 0.183. The smallest absolute Gasteiger partial charge is 0.337 e. The summed E-state index contributed by atoms with van der Waals surface area (Å²) in [7, 11) is 1.53. The molecule has 0 spiro atoms. The van der Waals surface area contributed by atoms with Crippen molar-refractivity contribution in [1.82, 2.24) is 5.32 Å². The maximum absolute atomic E-state index is 13.3. The van der Waals surface area contributed by atoms with Crippen LogP contribution in [-0.4, -0.2) is 31.3 Å². The van der Waals surface area contributed by atoms with Crippen LogP contribution in [0.4, 0.5) is 5.69 Å². The van der Waals surface area contributed by atoms with Crippen LogP contribution >= 0.6 is 11.8 Å². The Morgan fingerprint density at radius 2 is 1.81 bits per heavy atom. The molecule has 9 heteroatoms. The lowest BCUT2D eigenvalue weighted by atomic mass is 9.82. The third kappa shape index (κ3) is 7.67. The van der Waals surface area contributed by atoms with Gasteiger partial charge < -0.3 is 24.8 Å². The second kappa shape index (κ2) is 14.8. The third-order valence-electron chi connectivity index (χ3n) is 6.72. The standard InChI is InChI=1S/C34H33N3O5S/c1-5-17-41-34(39)31-23(3)36-33(43-21-30(38)37-27-14-10-9-11-22(27)2)26(19-35)32(31)25-15-16-28(29(18-25)40-4)42-20-24-12-7-6-8-13-24/h5-16,18,32,36H,1,17,20-21H2,2-4H3,(H,37,38)/t32-/m1/s1. The van der Waals surface area contributed by atoms with Gasteiger partial charge in [0, 0.05) is 11.4 Å². The van der Waals surface area contributed by atoms with Gasteiger partial charge in [-0.1, -0.05) is 79.0 Å². The first-order valence-corrected chi connectivity index (χ1v) is 14.6. The van der Waals surface area contributed by atoms with E-state index in [0.29, 0.717) is 34.4 Å². The minimum atomic E-state index is -0.775. The summed E-state index contributed by atoms with van der Waals surface area (Å²) in [6, 6.07) is 24.9. The number of hydrogen-bond acceptors (Lipinski definition) is 8. The van der Waals surface area contributed by atoms with Crippen LogP contribution in [-0.2, 0) is 20.9 Å². The predicted molar refractivity (Wildman–Crippen MR) is 168 cm³/mol. The Hall–Kier alpha value is -4.94. The molecule has 0 saturated heterocycles. The van der Waals surface area contributed by atoms with Crippen LogP contribution in [0.3, 0.4) is 0 Å². The maximum Gasteiger partial charge on any atom is 0.337 e. The number of benzene rings is 3. The molecule has 0 aromatic heterocycles. The van der Waals surface area contributed by atoms with Gasteiger partial charge in [-0.05, 0) is 48.7 Å². The molecule has 1 amide bonds. The fourth-order valence-corrected chi connectivity index (χ4v) is 5.49. The lowest BCUT2D eigenvalue weighted by molar-refractivity contribution is -0.138. The van der Waals surface area contributed by atoms with E-state index in [2.05, 4.69) is 23.3 Å². The molecule has 0 aliphatic carbocycles. The van der Waals surface area contributed by atoms with Crippen molar-refractivity contribution in [3.05, 3.63) is 124 Å². The number of esters is 1. The molecule has 0 radical (unpaired) electrons. The number of allylic oxidation sites excluding steroid dienone is 2. The summed E-state index contributed by atoms with van der Waals surface area (Å²) >= 11 is 1.19. The van der Waals surface area contributed by atoms with Crippen LogP contribution in [0.5, 0.6) is 11.5 Å². The second-order valence-corrected chi connectivity index (χ2v) is 10.7. The fourth-order valence-electron chi connectivity index (χ4n) is 4.60. The van der Waals surface area contributed by atoms with Gasteiger partial charge >= 0.3 is 5.97 Å². The van der Waals surface area contributed by atoms with E-state index in [-0.39, 0.29) is 29.4 Å². The number of thioether (sulfide) groups is 1. The van der Waals surface area contributed by atoms with Gasteiger partial charge in [0.05, 0.1) is 41.0 Å². The number of nitriles is 1. The lowest BCUT2D eigenvalue weighted by Crippen LogP contribution is -2.29. The zero-order valence-corrected chi connectivity index (χ0v) is 25.1. The van der Waals surface area contributed by atoms with Crippen LogP contribution in [0.25, 0.3) is 0 Å². The van der Waals surface area contributed by atoms with Crippen LogP contribution in [0, 0.1) is 18.3 Å². The monoisotopic (exact) mass is 595 g/mol. The predicted octanol–water partition coefficient (Wildman–Crippen LogP) is 6.38. The SMILES string of the molecule is C=CCOC(=O)C1=C(C)NC(SCC(=O)Nc2ccccc2C)=C(C#N)[C@H]1c1ccc(OCc2ccccc2)c(OC)c1. The van der Waals surface area contributed by atoms with Crippen molar-refractivity contribution in [3.8, 4) is 17.6 Å². The summed E-state index contributed by atoms with van der Waals surface area (Å²) in [5, 5.41) is 16.9. The van der Waals surface area contributed by atoms with Gasteiger partial charge in [0.2, 0.25) is 5.91 Å². The van der Waals surface area contributed by atoms with Crippen molar-refractivity contribution in [2.24, 2.45) is 0 Å². The number of hydrogen-bond donors (Lipinski definition) is 2. The summed E-state index contributed by atoms with van der Waals surface area (Å²) in [4.78, 5) is 26.1. The molecule has 1 atom stereocenters. The highest BCUT2D eigenvalue weighted by Gasteiger charge is 2.36. The van der Waals surface area contributed by atoms with E-state index in [1.807, 2.05) is 61.5 Å². The number of methoxy groups -OCH3 is 1. The van der Waals surface area contributed by atoms with Crippen LogP contribution in [0.1, 0.15) is 29.5 Å². The summed E-state index contributed by atoms with van der Waals surface area (Å²) < 4.78 is 17.1. The highest BCUT2D eigenvalue weighted by molar-refractivity contribution is 8.03.